The lowest BCUT2D eigenvalue weighted by Crippen LogP contribution is -2.45. The van der Waals surface area contributed by atoms with E-state index in [0.29, 0.717) is 13.1 Å². The normalized spacial score (nSPS) is 20.0. The van der Waals surface area contributed by atoms with Gasteiger partial charge in [0.15, 0.2) is 0 Å². The highest BCUT2D eigenvalue weighted by molar-refractivity contribution is 5.70. The summed E-state index contributed by atoms with van der Waals surface area (Å²) in [5, 5.41) is 0. The van der Waals surface area contributed by atoms with Crippen LogP contribution in [0.15, 0.2) is 0 Å². The van der Waals surface area contributed by atoms with Crippen molar-refractivity contribution in [1.82, 2.24) is 4.90 Å². The van der Waals surface area contributed by atoms with Crippen molar-refractivity contribution in [2.75, 3.05) is 26.8 Å². The van der Waals surface area contributed by atoms with Crippen molar-refractivity contribution in [1.29, 1.82) is 0 Å². The van der Waals surface area contributed by atoms with Crippen molar-refractivity contribution in [3.8, 4) is 0 Å². The van der Waals surface area contributed by atoms with Gasteiger partial charge in [0, 0.05) is 6.54 Å². The quantitative estimate of drug-likeness (QED) is 0.730. The molecule has 0 radical (unpaired) electrons. The van der Waals surface area contributed by atoms with Gasteiger partial charge in [-0.2, -0.15) is 0 Å². The van der Waals surface area contributed by atoms with E-state index in [1.807, 2.05) is 20.8 Å². The summed E-state index contributed by atoms with van der Waals surface area (Å²) in [4.78, 5) is 24.5. The van der Waals surface area contributed by atoms with Crippen LogP contribution in [0.2, 0.25) is 0 Å². The molecule has 0 spiro atoms. The maximum Gasteiger partial charge on any atom is 0.410 e. The lowest BCUT2D eigenvalue weighted by molar-refractivity contribution is -0.149. The van der Waals surface area contributed by atoms with E-state index in [-0.39, 0.29) is 18.8 Å². The topological polar surface area (TPSA) is 65.1 Å². The zero-order valence-corrected chi connectivity index (χ0v) is 12.1. The molecule has 1 fully saturated rings. The van der Waals surface area contributed by atoms with Crippen molar-refractivity contribution in [3.05, 3.63) is 0 Å². The molecule has 1 aliphatic heterocycles. The summed E-state index contributed by atoms with van der Waals surface area (Å²) in [6, 6.07) is 0. The maximum absolute atomic E-state index is 11.9. The van der Waals surface area contributed by atoms with Gasteiger partial charge in [-0.3, -0.25) is 0 Å². The maximum atomic E-state index is 11.9. The number of piperidine rings is 1. The smallest absolute Gasteiger partial charge is 0.410 e. The molecule has 0 aromatic rings. The van der Waals surface area contributed by atoms with Gasteiger partial charge in [-0.25, -0.2) is 9.59 Å². The SMILES string of the molecule is COC(=O)CO[C@@H]1CCCN(C(=O)OC(C)(C)C)C1. The number of hydrogen-bond donors (Lipinski definition) is 0. The van der Waals surface area contributed by atoms with E-state index in [4.69, 9.17) is 9.47 Å². The van der Waals surface area contributed by atoms with Crippen LogP contribution in [-0.2, 0) is 19.0 Å². The molecular formula is C13H23NO5. The van der Waals surface area contributed by atoms with E-state index in [0.717, 1.165) is 12.8 Å². The summed E-state index contributed by atoms with van der Waals surface area (Å²) in [5.41, 5.74) is -0.503. The second kappa shape index (κ2) is 6.75. The second-order valence-corrected chi connectivity index (χ2v) is 5.58. The first-order chi connectivity index (χ1) is 8.81. The summed E-state index contributed by atoms with van der Waals surface area (Å²) in [5.74, 6) is -0.408. The molecule has 1 atom stereocenters. The Balaban J connectivity index is 2.41. The Morgan fingerprint density at radius 1 is 1.32 bits per heavy atom. The van der Waals surface area contributed by atoms with Gasteiger partial charge in [0.05, 0.1) is 19.8 Å². The highest BCUT2D eigenvalue weighted by atomic mass is 16.6. The molecule has 6 nitrogen and oxygen atoms in total. The Bertz CT molecular complexity index is 323. The summed E-state index contributed by atoms with van der Waals surface area (Å²) in [7, 11) is 1.32. The van der Waals surface area contributed by atoms with Crippen LogP contribution in [0.5, 0.6) is 0 Å². The number of methoxy groups -OCH3 is 1. The van der Waals surface area contributed by atoms with Crippen molar-refractivity contribution in [3.63, 3.8) is 0 Å². The number of hydrogen-bond acceptors (Lipinski definition) is 5. The van der Waals surface area contributed by atoms with E-state index in [1.165, 1.54) is 7.11 Å². The van der Waals surface area contributed by atoms with Gasteiger partial charge < -0.3 is 19.1 Å². The lowest BCUT2D eigenvalue weighted by Gasteiger charge is -2.33. The van der Waals surface area contributed by atoms with E-state index in [1.54, 1.807) is 4.90 Å². The summed E-state index contributed by atoms with van der Waals surface area (Å²) >= 11 is 0. The molecular weight excluding hydrogens is 250 g/mol. The van der Waals surface area contributed by atoms with Crippen LogP contribution in [0.3, 0.4) is 0 Å². The average Bonchev–Trinajstić information content (AvgIpc) is 2.34. The second-order valence-electron chi connectivity index (χ2n) is 5.58. The third-order valence-electron chi connectivity index (χ3n) is 2.69. The Labute approximate surface area is 114 Å². The number of nitrogens with zero attached hydrogens (tertiary/aromatic N) is 1. The molecule has 1 saturated heterocycles. The van der Waals surface area contributed by atoms with Crippen LogP contribution >= 0.6 is 0 Å². The molecule has 1 aliphatic rings. The molecule has 0 aromatic carbocycles. The number of ether oxygens (including phenoxy) is 3. The molecule has 0 unspecified atom stereocenters. The first-order valence-corrected chi connectivity index (χ1v) is 6.48. The minimum atomic E-state index is -0.503. The monoisotopic (exact) mass is 273 g/mol. The molecule has 19 heavy (non-hydrogen) atoms. The minimum Gasteiger partial charge on any atom is -0.467 e. The fraction of sp³-hybridized carbons (Fsp3) is 0.846. The molecule has 6 heteroatoms. The van der Waals surface area contributed by atoms with Crippen LogP contribution in [-0.4, -0.2) is 55.5 Å². The van der Waals surface area contributed by atoms with Crippen LogP contribution in [0.25, 0.3) is 0 Å². The average molecular weight is 273 g/mol. The molecule has 0 aliphatic carbocycles. The van der Waals surface area contributed by atoms with E-state index in [2.05, 4.69) is 4.74 Å². The van der Waals surface area contributed by atoms with Crippen LogP contribution in [0, 0.1) is 0 Å². The van der Waals surface area contributed by atoms with Gasteiger partial charge in [-0.15, -0.1) is 0 Å². The van der Waals surface area contributed by atoms with Crippen molar-refractivity contribution >= 4 is 12.1 Å². The van der Waals surface area contributed by atoms with Crippen LogP contribution < -0.4 is 0 Å². The summed E-state index contributed by atoms with van der Waals surface area (Å²) in [6.45, 7) is 6.53. The van der Waals surface area contributed by atoms with Crippen LogP contribution in [0.4, 0.5) is 4.79 Å². The standard InChI is InChI=1S/C13H23NO5/c1-13(2,3)19-12(16)14-7-5-6-10(8-14)18-9-11(15)17-4/h10H,5-9H2,1-4H3/t10-/m1/s1. The molecule has 1 rings (SSSR count). The zero-order valence-electron chi connectivity index (χ0n) is 12.1. The van der Waals surface area contributed by atoms with Gasteiger partial charge >= 0.3 is 12.1 Å². The molecule has 1 amide bonds. The number of carbonyl (C=O) groups excluding carboxylic acids is 2. The summed E-state index contributed by atoms with van der Waals surface area (Å²) in [6.07, 6.45) is 1.20. The zero-order chi connectivity index (χ0) is 14.5. The molecule has 0 aromatic heterocycles. The highest BCUT2D eigenvalue weighted by Crippen LogP contribution is 2.17. The van der Waals surface area contributed by atoms with Gasteiger partial charge in [0.2, 0.25) is 0 Å². The number of likely N-dealkylation sites (tertiary alicyclic amines) is 1. The number of rotatable bonds is 3. The molecule has 0 saturated carbocycles. The third-order valence-corrected chi connectivity index (χ3v) is 2.69. The Morgan fingerprint density at radius 2 is 2.00 bits per heavy atom. The van der Waals surface area contributed by atoms with Crippen molar-refractivity contribution in [2.45, 2.75) is 45.3 Å². The predicted octanol–water partition coefficient (Wildman–Crippen LogP) is 1.58. The molecule has 0 bridgehead atoms. The van der Waals surface area contributed by atoms with E-state index >= 15 is 0 Å². The predicted molar refractivity (Wildman–Crippen MR) is 68.8 cm³/mol. The minimum absolute atomic E-state index is 0.0800. The third kappa shape index (κ3) is 5.92. The molecule has 110 valence electrons. The van der Waals surface area contributed by atoms with Gasteiger partial charge in [-0.05, 0) is 33.6 Å². The van der Waals surface area contributed by atoms with E-state index in [9.17, 15) is 9.59 Å². The summed E-state index contributed by atoms with van der Waals surface area (Å²) < 4.78 is 15.2. The first kappa shape index (κ1) is 15.8. The van der Waals surface area contributed by atoms with Crippen LogP contribution in [0.1, 0.15) is 33.6 Å². The fourth-order valence-corrected chi connectivity index (χ4v) is 1.81. The van der Waals surface area contributed by atoms with E-state index < -0.39 is 11.6 Å². The van der Waals surface area contributed by atoms with Gasteiger partial charge in [0.1, 0.15) is 12.2 Å². The highest BCUT2D eigenvalue weighted by Gasteiger charge is 2.28. The fourth-order valence-electron chi connectivity index (χ4n) is 1.81. The molecule has 1 heterocycles. The van der Waals surface area contributed by atoms with Gasteiger partial charge in [0.25, 0.3) is 0 Å². The van der Waals surface area contributed by atoms with Crippen molar-refractivity contribution < 1.29 is 23.8 Å². The van der Waals surface area contributed by atoms with Crippen molar-refractivity contribution in [2.24, 2.45) is 0 Å². The number of carbonyl (C=O) groups is 2. The Hall–Kier alpha value is -1.30. The Morgan fingerprint density at radius 3 is 2.58 bits per heavy atom. The Kier molecular flexibility index (Phi) is 5.60. The number of esters is 1. The number of amides is 1. The largest absolute Gasteiger partial charge is 0.467 e. The first-order valence-electron chi connectivity index (χ1n) is 6.48. The van der Waals surface area contributed by atoms with Gasteiger partial charge in [-0.1, -0.05) is 0 Å². The lowest BCUT2D eigenvalue weighted by atomic mass is 10.1. The molecule has 0 N–H and O–H groups in total.